The fourth-order valence-electron chi connectivity index (χ4n) is 3.55. The third-order valence-corrected chi connectivity index (χ3v) is 5.28. The van der Waals surface area contributed by atoms with Gasteiger partial charge in [0, 0.05) is 29.9 Å². The summed E-state index contributed by atoms with van der Waals surface area (Å²) in [6.07, 6.45) is 4.05. The molecule has 5 N–H and O–H groups in total. The third-order valence-electron chi connectivity index (χ3n) is 5.28. The number of nitrogens with one attached hydrogen (secondary N) is 2. The van der Waals surface area contributed by atoms with Crippen LogP contribution in [-0.2, 0) is 16.1 Å². The summed E-state index contributed by atoms with van der Waals surface area (Å²) in [4.78, 5) is 35.6. The van der Waals surface area contributed by atoms with Gasteiger partial charge in [0.1, 0.15) is 0 Å². The molecule has 1 aliphatic heterocycles. The van der Waals surface area contributed by atoms with Crippen LogP contribution in [0.3, 0.4) is 0 Å². The van der Waals surface area contributed by atoms with Crippen LogP contribution >= 0.6 is 0 Å². The average Bonchev–Trinajstić information content (AvgIpc) is 2.82. The summed E-state index contributed by atoms with van der Waals surface area (Å²) < 4.78 is 0. The molecule has 0 spiro atoms. The van der Waals surface area contributed by atoms with Gasteiger partial charge in [-0.2, -0.15) is 0 Å². The zero-order chi connectivity index (χ0) is 24.2. The average molecular weight is 456 g/mol. The van der Waals surface area contributed by atoms with E-state index >= 15 is 0 Å². The maximum Gasteiger partial charge on any atom is 0.328 e. The van der Waals surface area contributed by atoms with E-state index < -0.39 is 17.8 Å². The van der Waals surface area contributed by atoms with Crippen molar-refractivity contribution in [3.05, 3.63) is 95.2 Å². The van der Waals surface area contributed by atoms with E-state index in [-0.39, 0.29) is 23.6 Å². The maximum atomic E-state index is 12.6. The quantitative estimate of drug-likeness (QED) is 0.218. The molecule has 170 valence electrons. The summed E-state index contributed by atoms with van der Waals surface area (Å²) in [6.45, 7) is 0.277. The van der Waals surface area contributed by atoms with Crippen LogP contribution < -0.4 is 10.6 Å². The Morgan fingerprint density at radius 3 is 2.29 bits per heavy atom. The Hall–Kier alpha value is -4.85. The van der Waals surface area contributed by atoms with Gasteiger partial charge in [0.15, 0.2) is 11.5 Å². The zero-order valence-electron chi connectivity index (χ0n) is 17.8. The lowest BCUT2D eigenvalue weighted by Gasteiger charge is -2.19. The molecule has 0 atom stereocenters. The molecule has 0 aliphatic carbocycles. The van der Waals surface area contributed by atoms with Crippen LogP contribution in [0.2, 0.25) is 0 Å². The number of fused-ring (bicyclic) bond motifs is 1. The summed E-state index contributed by atoms with van der Waals surface area (Å²) in [7, 11) is 0. The lowest BCUT2D eigenvalue weighted by atomic mass is 9.91. The number of benzene rings is 3. The topological polar surface area (TPSA) is 136 Å². The summed E-state index contributed by atoms with van der Waals surface area (Å²) >= 11 is 0. The third kappa shape index (κ3) is 4.81. The number of amides is 2. The number of aliphatic carboxylic acids is 1. The van der Waals surface area contributed by atoms with Crippen molar-refractivity contribution in [2.75, 3.05) is 0 Å². The number of carboxylic acid groups (broad SMARTS) is 1. The Labute approximate surface area is 194 Å². The number of imide groups is 1. The highest BCUT2D eigenvalue weighted by Gasteiger charge is 2.27. The second kappa shape index (κ2) is 9.33. The smallest absolute Gasteiger partial charge is 0.328 e. The van der Waals surface area contributed by atoms with Crippen molar-refractivity contribution in [2.24, 2.45) is 0 Å². The summed E-state index contributed by atoms with van der Waals surface area (Å²) in [5, 5.41) is 33.2. The second-order valence-electron chi connectivity index (χ2n) is 7.60. The molecule has 8 nitrogen and oxygen atoms in total. The lowest BCUT2D eigenvalue weighted by molar-refractivity contribution is -0.131. The van der Waals surface area contributed by atoms with E-state index in [4.69, 9.17) is 5.11 Å². The van der Waals surface area contributed by atoms with Gasteiger partial charge in [-0.15, -0.1) is 0 Å². The van der Waals surface area contributed by atoms with E-state index in [2.05, 4.69) is 10.6 Å². The monoisotopic (exact) mass is 456 g/mol. The van der Waals surface area contributed by atoms with Crippen molar-refractivity contribution in [1.29, 1.82) is 0 Å². The van der Waals surface area contributed by atoms with Crippen molar-refractivity contribution < 1.29 is 29.7 Å². The number of carbonyl (C=O) groups excluding carboxylic acids is 2. The van der Waals surface area contributed by atoms with E-state index in [1.54, 1.807) is 36.4 Å². The van der Waals surface area contributed by atoms with Crippen molar-refractivity contribution in [2.45, 2.75) is 6.54 Å². The number of aromatic hydroxyl groups is 2. The van der Waals surface area contributed by atoms with Crippen molar-refractivity contribution in [3.8, 4) is 22.6 Å². The van der Waals surface area contributed by atoms with E-state index in [9.17, 15) is 24.6 Å². The molecule has 2 amide bonds. The minimum atomic E-state index is -1.03. The maximum absolute atomic E-state index is 12.6. The number of carboxylic acids is 1. The molecule has 0 radical (unpaired) electrons. The van der Waals surface area contributed by atoms with Crippen molar-refractivity contribution in [3.63, 3.8) is 0 Å². The molecule has 0 aromatic heterocycles. The number of phenolic OH excluding ortho intramolecular Hbond substituents is 2. The minimum absolute atomic E-state index is 0.223. The van der Waals surface area contributed by atoms with Crippen molar-refractivity contribution >= 4 is 29.4 Å². The first-order valence-electron chi connectivity index (χ1n) is 10.3. The Bertz CT molecular complexity index is 1360. The molecule has 1 aliphatic rings. The van der Waals surface area contributed by atoms with Crippen LogP contribution in [-0.4, -0.2) is 33.1 Å². The van der Waals surface area contributed by atoms with E-state index in [1.807, 2.05) is 12.1 Å². The number of hydrogen-bond acceptors (Lipinski definition) is 6. The molecule has 3 aromatic carbocycles. The van der Waals surface area contributed by atoms with Gasteiger partial charge in [0.2, 0.25) is 0 Å². The molecule has 0 fully saturated rings. The van der Waals surface area contributed by atoms with E-state index in [1.165, 1.54) is 24.4 Å². The molecular formula is C26H20N2O6. The first-order chi connectivity index (χ1) is 16.3. The minimum Gasteiger partial charge on any atom is -0.504 e. The predicted molar refractivity (Wildman–Crippen MR) is 126 cm³/mol. The molecule has 0 saturated carbocycles. The van der Waals surface area contributed by atoms with Gasteiger partial charge in [-0.3, -0.25) is 14.9 Å². The van der Waals surface area contributed by atoms with Gasteiger partial charge >= 0.3 is 5.97 Å². The Morgan fingerprint density at radius 1 is 0.853 bits per heavy atom. The highest BCUT2D eigenvalue weighted by molar-refractivity contribution is 6.31. The Kier molecular flexibility index (Phi) is 6.13. The summed E-state index contributed by atoms with van der Waals surface area (Å²) in [6, 6.07) is 16.8. The Morgan fingerprint density at radius 2 is 1.59 bits per heavy atom. The second-order valence-corrected chi connectivity index (χ2v) is 7.60. The van der Waals surface area contributed by atoms with Gasteiger partial charge in [-0.05, 0) is 52.6 Å². The summed E-state index contributed by atoms with van der Waals surface area (Å²) in [5.41, 5.74) is 4.14. The summed E-state index contributed by atoms with van der Waals surface area (Å²) in [5.74, 6) is -2.52. The largest absolute Gasteiger partial charge is 0.504 e. The predicted octanol–water partition coefficient (Wildman–Crippen LogP) is 3.26. The first kappa shape index (κ1) is 22.3. The lowest BCUT2D eigenvalue weighted by Crippen LogP contribution is -2.37. The van der Waals surface area contributed by atoms with Crippen LogP contribution in [0.5, 0.6) is 11.5 Å². The molecule has 8 heteroatoms. The van der Waals surface area contributed by atoms with E-state index in [0.29, 0.717) is 16.7 Å². The van der Waals surface area contributed by atoms with Crippen LogP contribution in [0, 0.1) is 0 Å². The van der Waals surface area contributed by atoms with E-state index in [0.717, 1.165) is 22.8 Å². The van der Waals surface area contributed by atoms with Crippen molar-refractivity contribution in [1.82, 2.24) is 10.6 Å². The molecule has 1 heterocycles. The van der Waals surface area contributed by atoms with Crippen LogP contribution in [0.4, 0.5) is 0 Å². The fraction of sp³-hybridized carbons (Fsp3) is 0.0385. The highest BCUT2D eigenvalue weighted by atomic mass is 16.4. The number of phenols is 2. The fourth-order valence-corrected chi connectivity index (χ4v) is 3.55. The zero-order valence-corrected chi connectivity index (χ0v) is 17.8. The highest BCUT2D eigenvalue weighted by Crippen LogP contribution is 2.30. The van der Waals surface area contributed by atoms with Crippen LogP contribution in [0.25, 0.3) is 22.8 Å². The Balaban J connectivity index is 1.62. The SMILES string of the molecule is O=C(O)/C=C/c1ccc(-c2ccc3c(c2)/C(=C\NCc2ccc(O)c(O)c2)C(=O)NC3=O)cc1. The molecule has 34 heavy (non-hydrogen) atoms. The van der Waals surface area contributed by atoms with Gasteiger partial charge in [-0.1, -0.05) is 36.4 Å². The van der Waals surface area contributed by atoms with Gasteiger partial charge in [0.25, 0.3) is 11.8 Å². The van der Waals surface area contributed by atoms with Gasteiger partial charge in [0.05, 0.1) is 5.57 Å². The molecular weight excluding hydrogens is 436 g/mol. The molecule has 0 bridgehead atoms. The number of hydrogen-bond donors (Lipinski definition) is 5. The van der Waals surface area contributed by atoms with Crippen LogP contribution in [0.15, 0.2) is 72.9 Å². The first-order valence-corrected chi connectivity index (χ1v) is 10.3. The molecule has 0 unspecified atom stereocenters. The van der Waals surface area contributed by atoms with Gasteiger partial charge < -0.3 is 20.6 Å². The molecule has 3 aromatic rings. The number of rotatable bonds is 6. The van der Waals surface area contributed by atoms with Crippen LogP contribution in [0.1, 0.15) is 27.0 Å². The molecule has 4 rings (SSSR count). The standard InChI is InChI=1S/C26H20N2O6/c29-22-9-3-16(11-23(22)30)13-27-14-21-20-12-18(7-8-19(20)25(33)28-26(21)34)17-5-1-15(2-6-17)4-10-24(31)32/h1-12,14,27,29-30H,13H2,(H,31,32)(H,28,33,34)/b10-4+,21-14+. The molecule has 0 saturated heterocycles. The number of carbonyl (C=O) groups is 3. The van der Waals surface area contributed by atoms with Gasteiger partial charge in [-0.25, -0.2) is 4.79 Å². The normalized spacial score (nSPS) is 14.2.